The summed E-state index contributed by atoms with van der Waals surface area (Å²) >= 11 is 2.09. The van der Waals surface area contributed by atoms with Gasteiger partial charge in [-0.1, -0.05) is 24.8 Å². The van der Waals surface area contributed by atoms with Crippen LogP contribution in [0.2, 0.25) is 0 Å². The topological polar surface area (TPSA) is 63.3 Å². The standard InChI is InChI=1S/C17H13F3N4OS2/c1-2-16(25,17(18,19)20)13-8-21-15(27-13)26-11-5-3-10-4-6-14-23-22-9-24(14)12(10)7-11/h3-9,25H,2H2,1H3. The monoisotopic (exact) mass is 410 g/mol. The van der Waals surface area contributed by atoms with Crippen LogP contribution < -0.4 is 0 Å². The molecule has 1 N–H and O–H groups in total. The molecule has 3 heterocycles. The van der Waals surface area contributed by atoms with E-state index in [1.54, 1.807) is 6.33 Å². The SMILES string of the molecule is CCC(O)(c1cnc(Sc2ccc3ccc4nncn4c3c2)s1)C(F)(F)F. The number of alkyl halides is 3. The molecule has 0 fully saturated rings. The first-order chi connectivity index (χ1) is 12.8. The van der Waals surface area contributed by atoms with Crippen LogP contribution in [0, 0.1) is 0 Å². The first-order valence-corrected chi connectivity index (χ1v) is 9.61. The molecule has 10 heteroatoms. The quantitative estimate of drug-likeness (QED) is 0.531. The maximum Gasteiger partial charge on any atom is 0.422 e. The molecule has 0 aliphatic rings. The summed E-state index contributed by atoms with van der Waals surface area (Å²) in [6.45, 7) is 1.30. The summed E-state index contributed by atoms with van der Waals surface area (Å²) in [6, 6.07) is 9.49. The fourth-order valence-electron chi connectivity index (χ4n) is 2.76. The molecule has 1 atom stereocenters. The number of rotatable bonds is 4. The zero-order valence-electron chi connectivity index (χ0n) is 13.9. The Morgan fingerprint density at radius 2 is 2.00 bits per heavy atom. The zero-order chi connectivity index (χ0) is 19.2. The molecular formula is C17H13F3N4OS2. The van der Waals surface area contributed by atoms with Crippen molar-refractivity contribution in [2.75, 3.05) is 0 Å². The Morgan fingerprint density at radius 1 is 1.22 bits per heavy atom. The summed E-state index contributed by atoms with van der Waals surface area (Å²) in [5, 5.41) is 18.9. The van der Waals surface area contributed by atoms with Crippen molar-refractivity contribution in [2.24, 2.45) is 0 Å². The molecule has 27 heavy (non-hydrogen) atoms. The van der Waals surface area contributed by atoms with Gasteiger partial charge in [-0.3, -0.25) is 4.40 Å². The van der Waals surface area contributed by atoms with E-state index in [0.29, 0.717) is 9.99 Å². The van der Waals surface area contributed by atoms with Gasteiger partial charge in [0.2, 0.25) is 0 Å². The number of hydrogen-bond donors (Lipinski definition) is 1. The molecule has 4 aromatic rings. The number of hydrogen-bond acceptors (Lipinski definition) is 6. The fraction of sp³-hybridized carbons (Fsp3) is 0.235. The van der Waals surface area contributed by atoms with E-state index in [2.05, 4.69) is 15.2 Å². The van der Waals surface area contributed by atoms with Crippen LogP contribution in [0.5, 0.6) is 0 Å². The number of halogens is 3. The molecule has 1 aromatic carbocycles. The lowest BCUT2D eigenvalue weighted by Crippen LogP contribution is -2.40. The van der Waals surface area contributed by atoms with Crippen molar-refractivity contribution in [3.8, 4) is 0 Å². The van der Waals surface area contributed by atoms with Crippen LogP contribution in [0.1, 0.15) is 18.2 Å². The lowest BCUT2D eigenvalue weighted by Gasteiger charge is -2.27. The molecule has 0 aliphatic heterocycles. The van der Waals surface area contributed by atoms with Crippen LogP contribution in [0.4, 0.5) is 13.2 Å². The van der Waals surface area contributed by atoms with E-state index < -0.39 is 18.2 Å². The first kappa shape index (κ1) is 18.2. The van der Waals surface area contributed by atoms with Gasteiger partial charge in [0.15, 0.2) is 15.6 Å². The minimum atomic E-state index is -4.75. The molecular weight excluding hydrogens is 397 g/mol. The highest BCUT2D eigenvalue weighted by Gasteiger charge is 2.54. The molecule has 140 valence electrons. The minimum absolute atomic E-state index is 0.206. The summed E-state index contributed by atoms with van der Waals surface area (Å²) in [5.41, 5.74) is -1.28. The molecule has 0 spiro atoms. The Balaban J connectivity index is 1.68. The van der Waals surface area contributed by atoms with Gasteiger partial charge in [-0.25, -0.2) is 4.98 Å². The van der Waals surface area contributed by atoms with Gasteiger partial charge in [0.25, 0.3) is 0 Å². The molecule has 0 aliphatic carbocycles. The summed E-state index contributed by atoms with van der Waals surface area (Å²) in [7, 11) is 0. The van der Waals surface area contributed by atoms with E-state index >= 15 is 0 Å². The number of benzene rings is 1. The Hall–Kier alpha value is -2.17. The maximum atomic E-state index is 13.2. The second-order valence-electron chi connectivity index (χ2n) is 5.92. The molecule has 1 unspecified atom stereocenters. The number of aliphatic hydroxyl groups is 1. The van der Waals surface area contributed by atoms with Crippen molar-refractivity contribution in [1.82, 2.24) is 19.6 Å². The summed E-state index contributed by atoms with van der Waals surface area (Å²) in [6.07, 6.45) is -2.51. The lowest BCUT2D eigenvalue weighted by molar-refractivity contribution is -0.266. The van der Waals surface area contributed by atoms with Gasteiger partial charge in [0.05, 0.1) is 10.4 Å². The molecule has 0 saturated heterocycles. The van der Waals surface area contributed by atoms with Crippen LogP contribution in [-0.4, -0.2) is 30.9 Å². The molecule has 0 radical (unpaired) electrons. The van der Waals surface area contributed by atoms with Crippen LogP contribution in [0.3, 0.4) is 0 Å². The minimum Gasteiger partial charge on any atom is -0.376 e. The van der Waals surface area contributed by atoms with Crippen molar-refractivity contribution < 1.29 is 18.3 Å². The third-order valence-corrected chi connectivity index (χ3v) is 6.54. The van der Waals surface area contributed by atoms with Crippen LogP contribution in [-0.2, 0) is 5.60 Å². The molecule has 0 amide bonds. The van der Waals surface area contributed by atoms with Crippen LogP contribution >= 0.6 is 23.1 Å². The number of nitrogens with zero attached hydrogens (tertiary/aromatic N) is 4. The van der Waals surface area contributed by atoms with Crippen molar-refractivity contribution in [3.05, 3.63) is 47.7 Å². The third-order valence-electron chi connectivity index (χ3n) is 4.33. The van der Waals surface area contributed by atoms with Gasteiger partial charge in [-0.15, -0.1) is 21.5 Å². The van der Waals surface area contributed by atoms with E-state index in [0.717, 1.165) is 33.3 Å². The summed E-state index contributed by atoms with van der Waals surface area (Å²) in [4.78, 5) is 4.67. The highest BCUT2D eigenvalue weighted by Crippen LogP contribution is 2.45. The number of aromatic nitrogens is 4. The smallest absolute Gasteiger partial charge is 0.376 e. The molecule has 5 nitrogen and oxygen atoms in total. The Labute approximate surface area is 159 Å². The summed E-state index contributed by atoms with van der Waals surface area (Å²) < 4.78 is 41.9. The van der Waals surface area contributed by atoms with Crippen molar-refractivity contribution in [2.45, 2.75) is 34.4 Å². The highest BCUT2D eigenvalue weighted by molar-refractivity contribution is 8.01. The predicted molar refractivity (Wildman–Crippen MR) is 97.0 cm³/mol. The fourth-order valence-corrected chi connectivity index (χ4v) is 4.92. The second-order valence-corrected chi connectivity index (χ2v) is 8.27. The highest BCUT2D eigenvalue weighted by atomic mass is 32.2. The zero-order valence-corrected chi connectivity index (χ0v) is 15.6. The molecule has 0 bridgehead atoms. The maximum absolute atomic E-state index is 13.2. The van der Waals surface area contributed by atoms with Gasteiger partial charge in [-0.05, 0) is 36.1 Å². The average Bonchev–Trinajstić information content (AvgIpc) is 3.29. The van der Waals surface area contributed by atoms with Crippen LogP contribution in [0.25, 0.3) is 16.6 Å². The van der Waals surface area contributed by atoms with E-state index in [-0.39, 0.29) is 4.88 Å². The Bertz CT molecular complexity index is 1120. The molecule has 0 saturated carbocycles. The molecule has 3 aromatic heterocycles. The number of pyridine rings is 1. The summed E-state index contributed by atoms with van der Waals surface area (Å²) in [5.74, 6) is 0. The normalized spacial score (nSPS) is 14.7. The third kappa shape index (κ3) is 3.07. The second kappa shape index (κ2) is 6.47. The average molecular weight is 410 g/mol. The van der Waals surface area contributed by atoms with E-state index in [4.69, 9.17) is 0 Å². The van der Waals surface area contributed by atoms with Gasteiger partial charge in [0.1, 0.15) is 6.33 Å². The number of thiazole rings is 1. The number of fused-ring (bicyclic) bond motifs is 3. The van der Waals surface area contributed by atoms with Crippen molar-refractivity contribution >= 4 is 39.6 Å². The van der Waals surface area contributed by atoms with Gasteiger partial charge in [-0.2, -0.15) is 13.2 Å². The van der Waals surface area contributed by atoms with E-state index in [1.165, 1.54) is 18.7 Å². The Morgan fingerprint density at radius 3 is 2.74 bits per heavy atom. The van der Waals surface area contributed by atoms with E-state index in [9.17, 15) is 18.3 Å². The van der Waals surface area contributed by atoms with Gasteiger partial charge < -0.3 is 5.11 Å². The van der Waals surface area contributed by atoms with Crippen molar-refractivity contribution in [3.63, 3.8) is 0 Å². The molecule has 4 rings (SSSR count). The Kier molecular flexibility index (Phi) is 4.36. The predicted octanol–water partition coefficient (Wildman–Crippen LogP) is 4.65. The first-order valence-electron chi connectivity index (χ1n) is 7.97. The van der Waals surface area contributed by atoms with Gasteiger partial charge in [0, 0.05) is 11.1 Å². The lowest BCUT2D eigenvalue weighted by atomic mass is 9.99. The van der Waals surface area contributed by atoms with E-state index in [1.807, 2.05) is 34.7 Å². The van der Waals surface area contributed by atoms with Crippen LogP contribution in [0.15, 0.2) is 52.1 Å². The van der Waals surface area contributed by atoms with Gasteiger partial charge >= 0.3 is 6.18 Å². The largest absolute Gasteiger partial charge is 0.422 e. The van der Waals surface area contributed by atoms with Crippen molar-refractivity contribution in [1.29, 1.82) is 0 Å².